The standard InChI is InChI=1S/C10H11F2N5O/c1-7-2-3-8(13-4-7)10(11,12)9(18)5-17-6-14-15-16-17/h2-4,6,9,18H,5H2,1H3. The van der Waals surface area contributed by atoms with Crippen molar-refractivity contribution in [3.05, 3.63) is 35.9 Å². The van der Waals surface area contributed by atoms with Crippen LogP contribution in [0.4, 0.5) is 8.78 Å². The number of alkyl halides is 2. The molecule has 0 fully saturated rings. The maximum absolute atomic E-state index is 13.9. The molecule has 0 spiro atoms. The lowest BCUT2D eigenvalue weighted by Crippen LogP contribution is -2.35. The van der Waals surface area contributed by atoms with E-state index >= 15 is 0 Å². The molecule has 6 nitrogen and oxygen atoms in total. The monoisotopic (exact) mass is 255 g/mol. The minimum Gasteiger partial charge on any atom is -0.384 e. The Balaban J connectivity index is 2.16. The van der Waals surface area contributed by atoms with Crippen molar-refractivity contribution >= 4 is 0 Å². The van der Waals surface area contributed by atoms with Crippen LogP contribution in [0.2, 0.25) is 0 Å². The Kier molecular flexibility index (Phi) is 3.28. The summed E-state index contributed by atoms with van der Waals surface area (Å²) >= 11 is 0. The second-order valence-electron chi connectivity index (χ2n) is 3.89. The maximum atomic E-state index is 13.9. The van der Waals surface area contributed by atoms with E-state index in [0.29, 0.717) is 0 Å². The smallest absolute Gasteiger partial charge is 0.316 e. The Morgan fingerprint density at radius 1 is 1.44 bits per heavy atom. The van der Waals surface area contributed by atoms with Crippen LogP contribution in [0.3, 0.4) is 0 Å². The predicted molar refractivity (Wildman–Crippen MR) is 56.7 cm³/mol. The summed E-state index contributed by atoms with van der Waals surface area (Å²) in [6, 6.07) is 2.71. The summed E-state index contributed by atoms with van der Waals surface area (Å²) in [6.07, 6.45) is 0.533. The Labute approximate surface area is 101 Å². The van der Waals surface area contributed by atoms with Crippen molar-refractivity contribution in [2.24, 2.45) is 0 Å². The first-order chi connectivity index (χ1) is 8.50. The van der Waals surface area contributed by atoms with E-state index < -0.39 is 24.3 Å². The van der Waals surface area contributed by atoms with Crippen LogP contribution in [0.25, 0.3) is 0 Å². The molecule has 0 saturated heterocycles. The van der Waals surface area contributed by atoms with E-state index in [0.717, 1.165) is 16.6 Å². The molecule has 0 bridgehead atoms. The zero-order valence-electron chi connectivity index (χ0n) is 9.53. The first-order valence-corrected chi connectivity index (χ1v) is 5.20. The average molecular weight is 255 g/mol. The molecule has 0 radical (unpaired) electrons. The van der Waals surface area contributed by atoms with Gasteiger partial charge in [-0.15, -0.1) is 5.10 Å². The van der Waals surface area contributed by atoms with E-state index in [9.17, 15) is 13.9 Å². The van der Waals surface area contributed by atoms with Gasteiger partial charge in [0.1, 0.15) is 18.1 Å². The van der Waals surface area contributed by atoms with E-state index in [-0.39, 0.29) is 0 Å². The summed E-state index contributed by atoms with van der Waals surface area (Å²) in [6.45, 7) is 1.34. The number of pyridine rings is 1. The summed E-state index contributed by atoms with van der Waals surface area (Å²) in [5.74, 6) is -3.46. The Bertz CT molecular complexity index is 499. The third-order valence-electron chi connectivity index (χ3n) is 2.42. The highest BCUT2D eigenvalue weighted by molar-refractivity contribution is 5.17. The fraction of sp³-hybridized carbons (Fsp3) is 0.400. The van der Waals surface area contributed by atoms with Crippen molar-refractivity contribution < 1.29 is 13.9 Å². The molecule has 0 aliphatic heterocycles. The minimum atomic E-state index is -3.46. The van der Waals surface area contributed by atoms with Crippen molar-refractivity contribution in [1.82, 2.24) is 25.2 Å². The number of halogens is 2. The Hall–Kier alpha value is -1.96. The van der Waals surface area contributed by atoms with Crippen molar-refractivity contribution in [3.8, 4) is 0 Å². The van der Waals surface area contributed by atoms with Gasteiger partial charge in [-0.1, -0.05) is 6.07 Å². The van der Waals surface area contributed by atoms with Gasteiger partial charge in [-0.2, -0.15) is 8.78 Å². The van der Waals surface area contributed by atoms with Crippen LogP contribution in [-0.2, 0) is 12.5 Å². The quantitative estimate of drug-likeness (QED) is 0.862. The van der Waals surface area contributed by atoms with Crippen LogP contribution < -0.4 is 0 Å². The highest BCUT2D eigenvalue weighted by atomic mass is 19.3. The molecule has 2 rings (SSSR count). The molecule has 0 amide bonds. The highest BCUT2D eigenvalue weighted by Crippen LogP contribution is 2.30. The molecular weight excluding hydrogens is 244 g/mol. The van der Waals surface area contributed by atoms with Crippen LogP contribution in [-0.4, -0.2) is 36.4 Å². The first-order valence-electron chi connectivity index (χ1n) is 5.20. The topological polar surface area (TPSA) is 76.7 Å². The van der Waals surface area contributed by atoms with Gasteiger partial charge in [0.25, 0.3) is 0 Å². The predicted octanol–water partition coefficient (Wildman–Crippen LogP) is 0.529. The molecule has 8 heteroatoms. The number of aromatic nitrogens is 5. The maximum Gasteiger partial charge on any atom is 0.316 e. The fourth-order valence-corrected chi connectivity index (χ4v) is 1.39. The van der Waals surface area contributed by atoms with E-state index in [1.54, 1.807) is 6.92 Å². The average Bonchev–Trinajstić information content (AvgIpc) is 2.82. The molecule has 2 aromatic rings. The molecule has 0 saturated carbocycles. The van der Waals surface area contributed by atoms with Crippen molar-refractivity contribution in [3.63, 3.8) is 0 Å². The van der Waals surface area contributed by atoms with E-state index in [1.807, 2.05) is 0 Å². The second-order valence-corrected chi connectivity index (χ2v) is 3.89. The number of tetrazole rings is 1. The van der Waals surface area contributed by atoms with Crippen molar-refractivity contribution in [1.29, 1.82) is 0 Å². The molecule has 0 aromatic carbocycles. The van der Waals surface area contributed by atoms with Gasteiger partial charge in [0.05, 0.1) is 6.54 Å². The van der Waals surface area contributed by atoms with Gasteiger partial charge in [-0.3, -0.25) is 4.98 Å². The number of aryl methyl sites for hydroxylation is 1. The molecular formula is C10H11F2N5O. The van der Waals surface area contributed by atoms with Gasteiger partial charge in [0.15, 0.2) is 0 Å². The summed E-state index contributed by atoms with van der Waals surface area (Å²) < 4.78 is 28.8. The number of hydrogen-bond donors (Lipinski definition) is 1. The Morgan fingerprint density at radius 2 is 2.22 bits per heavy atom. The van der Waals surface area contributed by atoms with Crippen LogP contribution in [0, 0.1) is 6.92 Å². The molecule has 96 valence electrons. The lowest BCUT2D eigenvalue weighted by molar-refractivity contribution is -0.124. The number of nitrogens with zero attached hydrogens (tertiary/aromatic N) is 5. The zero-order chi connectivity index (χ0) is 13.2. The normalized spacial score (nSPS) is 13.6. The molecule has 0 aliphatic carbocycles. The third-order valence-corrected chi connectivity index (χ3v) is 2.42. The van der Waals surface area contributed by atoms with Crippen LogP contribution in [0.5, 0.6) is 0 Å². The number of hydrogen-bond acceptors (Lipinski definition) is 5. The van der Waals surface area contributed by atoms with Crippen molar-refractivity contribution in [2.45, 2.75) is 25.5 Å². The van der Waals surface area contributed by atoms with Crippen LogP contribution >= 0.6 is 0 Å². The molecule has 1 N–H and O–H groups in total. The fourth-order valence-electron chi connectivity index (χ4n) is 1.39. The molecule has 1 atom stereocenters. The molecule has 1 unspecified atom stereocenters. The van der Waals surface area contributed by atoms with Gasteiger partial charge in [0.2, 0.25) is 0 Å². The highest BCUT2D eigenvalue weighted by Gasteiger charge is 2.42. The Morgan fingerprint density at radius 3 is 2.78 bits per heavy atom. The second kappa shape index (κ2) is 4.73. The molecule has 18 heavy (non-hydrogen) atoms. The van der Waals surface area contributed by atoms with Gasteiger partial charge >= 0.3 is 5.92 Å². The van der Waals surface area contributed by atoms with Gasteiger partial charge < -0.3 is 5.11 Å². The summed E-state index contributed by atoms with van der Waals surface area (Å²) in [7, 11) is 0. The van der Waals surface area contributed by atoms with Gasteiger partial charge in [-0.05, 0) is 29.0 Å². The van der Waals surface area contributed by atoms with E-state index in [1.165, 1.54) is 18.3 Å². The van der Waals surface area contributed by atoms with Crippen LogP contribution in [0.15, 0.2) is 24.7 Å². The van der Waals surface area contributed by atoms with E-state index in [4.69, 9.17) is 0 Å². The zero-order valence-corrected chi connectivity index (χ0v) is 9.53. The number of aliphatic hydroxyl groups excluding tert-OH is 1. The third kappa shape index (κ3) is 2.48. The number of aliphatic hydroxyl groups is 1. The SMILES string of the molecule is Cc1ccc(C(F)(F)C(O)Cn2cnnn2)nc1. The summed E-state index contributed by atoms with van der Waals surface area (Å²) in [4.78, 5) is 3.63. The molecule has 0 aliphatic rings. The minimum absolute atomic E-state index is 0.407. The lowest BCUT2D eigenvalue weighted by Gasteiger charge is -2.21. The van der Waals surface area contributed by atoms with Gasteiger partial charge in [-0.25, -0.2) is 4.68 Å². The molecule has 2 aromatic heterocycles. The van der Waals surface area contributed by atoms with Crippen molar-refractivity contribution in [2.75, 3.05) is 0 Å². The number of rotatable bonds is 4. The summed E-state index contributed by atoms with van der Waals surface area (Å²) in [5, 5.41) is 19.6. The van der Waals surface area contributed by atoms with Crippen LogP contribution in [0.1, 0.15) is 11.3 Å². The first kappa shape index (κ1) is 12.5. The lowest BCUT2D eigenvalue weighted by atomic mass is 10.1. The summed E-state index contributed by atoms with van der Waals surface area (Å²) in [5.41, 5.74) is 0.290. The largest absolute Gasteiger partial charge is 0.384 e. The van der Waals surface area contributed by atoms with Gasteiger partial charge in [0, 0.05) is 6.20 Å². The van der Waals surface area contributed by atoms with E-state index in [2.05, 4.69) is 20.5 Å². The molecule has 2 heterocycles.